The molecule has 2 aromatic heterocycles. The van der Waals surface area contributed by atoms with E-state index < -0.39 is 0 Å². The molecule has 0 aliphatic carbocycles. The molecule has 0 aromatic carbocycles. The molecule has 2 aliphatic heterocycles. The van der Waals surface area contributed by atoms with E-state index in [-0.39, 0.29) is 17.9 Å². The quantitative estimate of drug-likeness (QED) is 0.673. The molecule has 0 unspecified atom stereocenters. The van der Waals surface area contributed by atoms with E-state index in [1.807, 2.05) is 6.07 Å². The van der Waals surface area contributed by atoms with Crippen LogP contribution in [0.4, 0.5) is 5.82 Å². The molecule has 2 aliphatic rings. The van der Waals surface area contributed by atoms with Gasteiger partial charge in [0.15, 0.2) is 0 Å². The van der Waals surface area contributed by atoms with Crippen molar-refractivity contribution in [2.75, 3.05) is 24.6 Å². The highest BCUT2D eigenvalue weighted by molar-refractivity contribution is 9.10. The maximum absolute atomic E-state index is 13.1. The second-order valence-corrected chi connectivity index (χ2v) is 7.69. The van der Waals surface area contributed by atoms with Crippen molar-refractivity contribution in [2.45, 2.75) is 25.3 Å². The summed E-state index contributed by atoms with van der Waals surface area (Å²) in [7, 11) is 0. The van der Waals surface area contributed by atoms with Gasteiger partial charge in [-0.1, -0.05) is 0 Å². The summed E-state index contributed by atoms with van der Waals surface area (Å²) in [6.45, 7) is 1.99. The topological polar surface area (TPSA) is 95.2 Å². The number of carbonyl (C=O) groups is 1. The van der Waals surface area contributed by atoms with Crippen LogP contribution in [0.3, 0.4) is 0 Å². The molecule has 2 saturated heterocycles. The van der Waals surface area contributed by atoms with Gasteiger partial charge in [-0.2, -0.15) is 5.26 Å². The van der Waals surface area contributed by atoms with Crippen molar-refractivity contribution in [3.63, 3.8) is 0 Å². The van der Waals surface area contributed by atoms with Gasteiger partial charge in [-0.05, 0) is 40.4 Å². The van der Waals surface area contributed by atoms with Gasteiger partial charge in [0, 0.05) is 43.9 Å². The van der Waals surface area contributed by atoms with E-state index in [9.17, 15) is 4.79 Å². The minimum Gasteiger partial charge on any atom is -0.356 e. The number of nitrogens with zero attached hydrogens (tertiary/aromatic N) is 6. The largest absolute Gasteiger partial charge is 0.356 e. The van der Waals surface area contributed by atoms with E-state index in [2.05, 4.69) is 41.9 Å². The van der Waals surface area contributed by atoms with Crippen molar-refractivity contribution in [1.29, 1.82) is 5.26 Å². The lowest BCUT2D eigenvalue weighted by Crippen LogP contribution is -2.42. The van der Waals surface area contributed by atoms with Gasteiger partial charge in [-0.3, -0.25) is 14.6 Å². The molecule has 0 saturated carbocycles. The Morgan fingerprint density at radius 2 is 2.04 bits per heavy atom. The number of piperidine rings is 1. The van der Waals surface area contributed by atoms with Gasteiger partial charge in [0.2, 0.25) is 5.91 Å². The number of aromatic nitrogens is 3. The molecule has 1 amide bonds. The van der Waals surface area contributed by atoms with Crippen molar-refractivity contribution in [1.82, 2.24) is 20.0 Å². The van der Waals surface area contributed by atoms with Crippen LogP contribution in [0.15, 0.2) is 35.5 Å². The molecule has 0 spiro atoms. The van der Waals surface area contributed by atoms with Crippen LogP contribution in [0.25, 0.3) is 0 Å². The van der Waals surface area contributed by atoms with Gasteiger partial charge in [0.05, 0.1) is 18.2 Å². The number of nitriles is 1. The fraction of sp³-hybridized carbons (Fsp3) is 0.421. The van der Waals surface area contributed by atoms with E-state index >= 15 is 0 Å². The zero-order valence-corrected chi connectivity index (χ0v) is 16.7. The van der Waals surface area contributed by atoms with Crippen molar-refractivity contribution in [3.05, 3.63) is 46.6 Å². The fourth-order valence-corrected chi connectivity index (χ4v) is 4.02. The Bertz CT molecular complexity index is 909. The van der Waals surface area contributed by atoms with Crippen LogP contribution < -0.4 is 4.90 Å². The summed E-state index contributed by atoms with van der Waals surface area (Å²) in [6, 6.07) is 5.57. The number of amides is 1. The van der Waals surface area contributed by atoms with E-state index in [1.54, 1.807) is 12.3 Å². The Morgan fingerprint density at radius 3 is 2.79 bits per heavy atom. The molecule has 8 nitrogen and oxygen atoms in total. The Morgan fingerprint density at radius 1 is 1.21 bits per heavy atom. The van der Waals surface area contributed by atoms with E-state index in [4.69, 9.17) is 10.1 Å². The maximum Gasteiger partial charge on any atom is 0.249 e. The third kappa shape index (κ3) is 3.84. The van der Waals surface area contributed by atoms with Gasteiger partial charge < -0.3 is 4.90 Å². The van der Waals surface area contributed by atoms with Crippen molar-refractivity contribution >= 4 is 27.7 Å². The monoisotopic (exact) mass is 442 g/mol. The highest BCUT2D eigenvalue weighted by Gasteiger charge is 2.37. The molecule has 28 heavy (non-hydrogen) atoms. The molecule has 0 radical (unpaired) electrons. The van der Waals surface area contributed by atoms with Gasteiger partial charge in [0.25, 0.3) is 0 Å². The van der Waals surface area contributed by atoms with Crippen LogP contribution in [-0.4, -0.2) is 45.6 Å². The summed E-state index contributed by atoms with van der Waals surface area (Å²) in [5.41, 5.74) is 1.33. The molecular formula is C19H19BrN6O2. The Kier molecular flexibility index (Phi) is 5.50. The number of anilines is 1. The first-order valence-electron chi connectivity index (χ1n) is 9.19. The molecule has 2 fully saturated rings. The first-order valence-corrected chi connectivity index (χ1v) is 9.98. The lowest BCUT2D eigenvalue weighted by Gasteiger charge is -2.34. The van der Waals surface area contributed by atoms with Gasteiger partial charge in [-0.25, -0.2) is 15.0 Å². The van der Waals surface area contributed by atoms with Crippen molar-refractivity contribution < 1.29 is 9.63 Å². The van der Waals surface area contributed by atoms with Crippen LogP contribution in [0, 0.1) is 17.2 Å². The minimum atomic E-state index is -0.191. The first kappa shape index (κ1) is 18.8. The second-order valence-electron chi connectivity index (χ2n) is 6.88. The van der Waals surface area contributed by atoms with E-state index in [0.717, 1.165) is 41.9 Å². The SMILES string of the molecule is N#Cc1cncc([C@@H]2CCON2C(=O)C2CCN(c3cc(Br)ncn3)CC2)c1. The smallest absolute Gasteiger partial charge is 0.249 e. The summed E-state index contributed by atoms with van der Waals surface area (Å²) in [5.74, 6) is 0.782. The van der Waals surface area contributed by atoms with Crippen LogP contribution >= 0.6 is 15.9 Å². The average Bonchev–Trinajstić information content (AvgIpc) is 3.23. The highest BCUT2D eigenvalue weighted by atomic mass is 79.9. The van der Waals surface area contributed by atoms with Gasteiger partial charge in [0.1, 0.15) is 22.8 Å². The molecule has 0 N–H and O–H groups in total. The molecule has 1 atom stereocenters. The minimum absolute atomic E-state index is 0.00776. The summed E-state index contributed by atoms with van der Waals surface area (Å²) in [4.78, 5) is 33.4. The Hall–Kier alpha value is -2.57. The summed E-state index contributed by atoms with van der Waals surface area (Å²) < 4.78 is 0.747. The molecule has 4 heterocycles. The van der Waals surface area contributed by atoms with E-state index in [1.165, 1.54) is 17.6 Å². The zero-order valence-electron chi connectivity index (χ0n) is 15.2. The first-order chi connectivity index (χ1) is 13.7. The predicted octanol–water partition coefficient (Wildman–Crippen LogP) is 2.63. The summed E-state index contributed by atoms with van der Waals surface area (Å²) >= 11 is 3.37. The summed E-state index contributed by atoms with van der Waals surface area (Å²) in [6.07, 6.45) is 6.94. The third-order valence-corrected chi connectivity index (χ3v) is 5.62. The van der Waals surface area contributed by atoms with Gasteiger partial charge >= 0.3 is 0 Å². The zero-order chi connectivity index (χ0) is 19.5. The molecule has 144 valence electrons. The van der Waals surface area contributed by atoms with Gasteiger partial charge in [-0.15, -0.1) is 0 Å². The number of pyridine rings is 1. The molecule has 4 rings (SSSR count). The number of carbonyl (C=O) groups excluding carboxylic acids is 1. The molecule has 2 aromatic rings. The molecule has 0 bridgehead atoms. The number of hydrogen-bond acceptors (Lipinski definition) is 7. The van der Waals surface area contributed by atoms with E-state index in [0.29, 0.717) is 18.6 Å². The predicted molar refractivity (Wildman–Crippen MR) is 104 cm³/mol. The van der Waals surface area contributed by atoms with Crippen LogP contribution in [-0.2, 0) is 9.63 Å². The normalized spacial score (nSPS) is 20.2. The second kappa shape index (κ2) is 8.20. The molecular weight excluding hydrogens is 424 g/mol. The standard InChI is InChI=1S/C19H19BrN6O2/c20-17-8-18(24-12-23-17)25-4-1-14(2-5-25)19(27)26-16(3-6-28-26)15-7-13(9-21)10-22-11-15/h7-8,10-12,14,16H,1-6H2/t16-/m0/s1. The van der Waals surface area contributed by atoms with Crippen molar-refractivity contribution in [3.8, 4) is 6.07 Å². The lowest BCUT2D eigenvalue weighted by atomic mass is 9.94. The fourth-order valence-electron chi connectivity index (χ4n) is 3.72. The Balaban J connectivity index is 1.42. The summed E-state index contributed by atoms with van der Waals surface area (Å²) in [5, 5.41) is 10.6. The Labute approximate surface area is 171 Å². The maximum atomic E-state index is 13.1. The lowest BCUT2D eigenvalue weighted by molar-refractivity contribution is -0.182. The van der Waals surface area contributed by atoms with Crippen LogP contribution in [0.2, 0.25) is 0 Å². The number of rotatable bonds is 3. The van der Waals surface area contributed by atoms with Crippen LogP contribution in [0.5, 0.6) is 0 Å². The highest BCUT2D eigenvalue weighted by Crippen LogP contribution is 2.34. The molecule has 9 heteroatoms. The van der Waals surface area contributed by atoms with Crippen LogP contribution in [0.1, 0.15) is 36.4 Å². The van der Waals surface area contributed by atoms with Crippen molar-refractivity contribution in [2.24, 2.45) is 5.92 Å². The average molecular weight is 443 g/mol. The number of halogens is 1. The number of hydrogen-bond donors (Lipinski definition) is 0. The number of hydroxylamine groups is 2. The third-order valence-electron chi connectivity index (χ3n) is 5.18.